The Morgan fingerprint density at radius 2 is 1.83 bits per heavy atom. The lowest BCUT2D eigenvalue weighted by Crippen LogP contribution is -2.50. The first-order valence-electron chi connectivity index (χ1n) is 9.47. The van der Waals surface area contributed by atoms with Crippen LogP contribution in [0.4, 0.5) is 10.5 Å². The molecule has 29 heavy (non-hydrogen) atoms. The van der Waals surface area contributed by atoms with E-state index in [1.54, 1.807) is 31.5 Å². The Balaban J connectivity index is 1.93. The summed E-state index contributed by atoms with van der Waals surface area (Å²) < 4.78 is 10.6. The maximum Gasteiger partial charge on any atom is 0.319 e. The third kappa shape index (κ3) is 7.42. The van der Waals surface area contributed by atoms with Gasteiger partial charge in [-0.25, -0.2) is 9.78 Å². The molecule has 1 atom stereocenters. The van der Waals surface area contributed by atoms with Gasteiger partial charge in [0.25, 0.3) is 0 Å². The molecule has 8 heteroatoms. The maximum absolute atomic E-state index is 12.7. The number of benzene rings is 1. The summed E-state index contributed by atoms with van der Waals surface area (Å²) in [5.74, 6) is 0.0680. The second-order valence-corrected chi connectivity index (χ2v) is 6.71. The predicted molar refractivity (Wildman–Crippen MR) is 111 cm³/mol. The van der Waals surface area contributed by atoms with Crippen molar-refractivity contribution >= 4 is 17.6 Å². The van der Waals surface area contributed by atoms with Crippen molar-refractivity contribution in [2.45, 2.75) is 26.4 Å². The molecule has 1 unspecified atom stereocenters. The average Bonchev–Trinajstić information content (AvgIpc) is 2.72. The zero-order chi connectivity index (χ0) is 21.1. The Labute approximate surface area is 171 Å². The molecule has 8 nitrogen and oxygen atoms in total. The molecule has 0 aliphatic carbocycles. The standard InChI is InChI=1S/C21H28N4O4/c1-15(2)18(25-21(27)24-17-9-5-4-6-10-17)19(26)23-14-16-8-7-11-22-20(16)29-13-12-28-3/h4-11,15,18H,12-14H2,1-3H3,(H,23,26)(H2,24,25,27). The number of anilines is 1. The van der Waals surface area contributed by atoms with Crippen molar-refractivity contribution in [3.05, 3.63) is 54.2 Å². The largest absolute Gasteiger partial charge is 0.475 e. The van der Waals surface area contributed by atoms with E-state index in [0.717, 1.165) is 5.56 Å². The van der Waals surface area contributed by atoms with Crippen LogP contribution in [0.25, 0.3) is 0 Å². The number of carbonyl (C=O) groups excluding carboxylic acids is 2. The zero-order valence-electron chi connectivity index (χ0n) is 17.0. The number of ether oxygens (including phenoxy) is 2. The van der Waals surface area contributed by atoms with Gasteiger partial charge >= 0.3 is 6.03 Å². The van der Waals surface area contributed by atoms with E-state index in [1.807, 2.05) is 38.1 Å². The quantitative estimate of drug-likeness (QED) is 0.532. The zero-order valence-corrected chi connectivity index (χ0v) is 17.0. The lowest BCUT2D eigenvalue weighted by Gasteiger charge is -2.22. The summed E-state index contributed by atoms with van der Waals surface area (Å²) in [6, 6.07) is 11.5. The van der Waals surface area contributed by atoms with Crippen molar-refractivity contribution in [1.29, 1.82) is 0 Å². The molecule has 3 amide bonds. The number of methoxy groups -OCH3 is 1. The Bertz CT molecular complexity index is 783. The van der Waals surface area contributed by atoms with Crippen LogP contribution in [0.3, 0.4) is 0 Å². The van der Waals surface area contributed by atoms with Crippen LogP contribution in [0.2, 0.25) is 0 Å². The molecule has 1 aromatic carbocycles. The van der Waals surface area contributed by atoms with Gasteiger partial charge in [-0.3, -0.25) is 4.79 Å². The van der Waals surface area contributed by atoms with E-state index in [-0.39, 0.29) is 18.4 Å². The summed E-state index contributed by atoms with van der Waals surface area (Å²) in [6.45, 7) is 4.79. The number of amides is 3. The molecule has 0 saturated carbocycles. The molecular weight excluding hydrogens is 372 g/mol. The van der Waals surface area contributed by atoms with Crippen molar-refractivity contribution in [1.82, 2.24) is 15.6 Å². The van der Waals surface area contributed by atoms with Gasteiger partial charge in [0.05, 0.1) is 6.61 Å². The number of nitrogens with one attached hydrogen (secondary N) is 3. The molecule has 0 saturated heterocycles. The van der Waals surface area contributed by atoms with Gasteiger partial charge in [0, 0.05) is 31.1 Å². The molecule has 1 aromatic heterocycles. The van der Waals surface area contributed by atoms with Crippen LogP contribution in [-0.4, -0.2) is 43.3 Å². The minimum atomic E-state index is -0.687. The Hall–Kier alpha value is -3.13. The molecule has 1 heterocycles. The van der Waals surface area contributed by atoms with Crippen LogP contribution in [0, 0.1) is 5.92 Å². The number of hydrogen-bond donors (Lipinski definition) is 3. The lowest BCUT2D eigenvalue weighted by atomic mass is 10.0. The highest BCUT2D eigenvalue weighted by Gasteiger charge is 2.24. The first-order valence-corrected chi connectivity index (χ1v) is 9.47. The fraction of sp³-hybridized carbons (Fsp3) is 0.381. The Morgan fingerprint density at radius 1 is 1.07 bits per heavy atom. The second kappa shape index (κ2) is 11.7. The van der Waals surface area contributed by atoms with E-state index in [2.05, 4.69) is 20.9 Å². The van der Waals surface area contributed by atoms with E-state index in [9.17, 15) is 9.59 Å². The highest BCUT2D eigenvalue weighted by molar-refractivity contribution is 5.93. The van der Waals surface area contributed by atoms with Gasteiger partial charge in [-0.1, -0.05) is 38.1 Å². The molecule has 0 aliphatic heterocycles. The van der Waals surface area contributed by atoms with Crippen molar-refractivity contribution in [3.63, 3.8) is 0 Å². The van der Waals surface area contributed by atoms with Gasteiger partial charge in [0.1, 0.15) is 12.6 Å². The Morgan fingerprint density at radius 3 is 2.52 bits per heavy atom. The molecule has 2 rings (SSSR count). The van der Waals surface area contributed by atoms with E-state index in [4.69, 9.17) is 9.47 Å². The monoisotopic (exact) mass is 400 g/mol. The minimum absolute atomic E-state index is 0.0946. The van der Waals surface area contributed by atoms with Gasteiger partial charge in [-0.15, -0.1) is 0 Å². The highest BCUT2D eigenvalue weighted by atomic mass is 16.5. The summed E-state index contributed by atoms with van der Waals surface area (Å²) >= 11 is 0. The summed E-state index contributed by atoms with van der Waals surface area (Å²) in [5, 5.41) is 8.30. The lowest BCUT2D eigenvalue weighted by molar-refractivity contribution is -0.124. The average molecular weight is 400 g/mol. The molecular formula is C21H28N4O4. The second-order valence-electron chi connectivity index (χ2n) is 6.71. The molecule has 0 aliphatic rings. The van der Waals surface area contributed by atoms with E-state index >= 15 is 0 Å². The highest BCUT2D eigenvalue weighted by Crippen LogP contribution is 2.14. The number of rotatable bonds is 10. The van der Waals surface area contributed by atoms with Gasteiger partial charge < -0.3 is 25.4 Å². The van der Waals surface area contributed by atoms with Crippen molar-refractivity contribution in [2.24, 2.45) is 5.92 Å². The normalized spacial score (nSPS) is 11.6. The maximum atomic E-state index is 12.7. The van der Waals surface area contributed by atoms with Crippen LogP contribution in [0.1, 0.15) is 19.4 Å². The SMILES string of the molecule is COCCOc1ncccc1CNC(=O)C(NC(=O)Nc1ccccc1)C(C)C. The van der Waals surface area contributed by atoms with Crippen LogP contribution in [-0.2, 0) is 16.1 Å². The molecule has 3 N–H and O–H groups in total. The Kier molecular flexibility index (Phi) is 8.91. The summed E-state index contributed by atoms with van der Waals surface area (Å²) in [5.41, 5.74) is 1.40. The van der Waals surface area contributed by atoms with Gasteiger partial charge in [0.2, 0.25) is 11.8 Å². The fourth-order valence-electron chi connectivity index (χ4n) is 2.57. The molecule has 2 aromatic rings. The van der Waals surface area contributed by atoms with Crippen molar-refractivity contribution in [3.8, 4) is 5.88 Å². The van der Waals surface area contributed by atoms with Gasteiger partial charge in [0.15, 0.2) is 0 Å². The molecule has 0 radical (unpaired) electrons. The number of hydrogen-bond acceptors (Lipinski definition) is 5. The third-order valence-electron chi connectivity index (χ3n) is 4.10. The fourth-order valence-corrected chi connectivity index (χ4v) is 2.57. The summed E-state index contributed by atoms with van der Waals surface area (Å²) in [7, 11) is 1.59. The first kappa shape index (κ1) is 22.2. The van der Waals surface area contributed by atoms with E-state index in [1.165, 1.54) is 0 Å². The number of pyridine rings is 1. The predicted octanol–water partition coefficient (Wildman–Crippen LogP) is 2.57. The van der Waals surface area contributed by atoms with Crippen LogP contribution in [0.5, 0.6) is 5.88 Å². The van der Waals surface area contributed by atoms with Crippen LogP contribution in [0.15, 0.2) is 48.7 Å². The minimum Gasteiger partial charge on any atom is -0.475 e. The van der Waals surface area contributed by atoms with E-state index in [0.29, 0.717) is 24.8 Å². The van der Waals surface area contributed by atoms with Crippen molar-refractivity contribution < 1.29 is 19.1 Å². The topological polar surface area (TPSA) is 102 Å². The molecule has 156 valence electrons. The number of nitrogens with zero attached hydrogens (tertiary/aromatic N) is 1. The van der Waals surface area contributed by atoms with Gasteiger partial charge in [-0.2, -0.15) is 0 Å². The summed E-state index contributed by atoms with van der Waals surface area (Å²) in [6.07, 6.45) is 1.62. The van der Waals surface area contributed by atoms with Crippen molar-refractivity contribution in [2.75, 3.05) is 25.6 Å². The molecule has 0 spiro atoms. The molecule has 0 fully saturated rings. The first-order chi connectivity index (χ1) is 14.0. The number of carbonyl (C=O) groups is 2. The summed E-state index contributed by atoms with van der Waals surface area (Å²) in [4.78, 5) is 29.1. The number of para-hydroxylation sites is 1. The van der Waals surface area contributed by atoms with Gasteiger partial charge in [-0.05, 0) is 24.1 Å². The molecule has 0 bridgehead atoms. The smallest absolute Gasteiger partial charge is 0.319 e. The van der Waals surface area contributed by atoms with Crippen LogP contribution >= 0.6 is 0 Å². The number of aromatic nitrogens is 1. The van der Waals surface area contributed by atoms with Crippen LogP contribution < -0.4 is 20.7 Å². The van der Waals surface area contributed by atoms with E-state index < -0.39 is 12.1 Å². The third-order valence-corrected chi connectivity index (χ3v) is 4.10. The number of urea groups is 1.